The fourth-order valence-corrected chi connectivity index (χ4v) is 8.21. The number of piperidine rings is 1. The van der Waals surface area contributed by atoms with Gasteiger partial charge < -0.3 is 15.1 Å². The third-order valence-corrected chi connectivity index (χ3v) is 10.7. The van der Waals surface area contributed by atoms with Gasteiger partial charge in [0, 0.05) is 48.3 Å². The lowest BCUT2D eigenvalue weighted by molar-refractivity contribution is -0.138. The molecule has 11 nitrogen and oxygen atoms in total. The smallest absolute Gasteiger partial charge is 0.248 e. The first-order chi connectivity index (χ1) is 23.0. The van der Waals surface area contributed by atoms with Gasteiger partial charge in [-0.05, 0) is 110 Å². The highest BCUT2D eigenvalue weighted by molar-refractivity contribution is 9.10. The lowest BCUT2D eigenvalue weighted by atomic mass is 9.98. The average Bonchev–Trinajstić information content (AvgIpc) is 3.42. The van der Waals surface area contributed by atoms with Crippen LogP contribution in [0.3, 0.4) is 0 Å². The number of anilines is 1. The van der Waals surface area contributed by atoms with E-state index in [0.717, 1.165) is 79.4 Å². The van der Waals surface area contributed by atoms with Crippen LogP contribution in [0.25, 0.3) is 22.0 Å². The Bertz CT molecular complexity index is 1920. The number of Topliss-reactive ketones (excluding diaryl/α,β-unsaturated/α-hetero) is 1. The summed E-state index contributed by atoms with van der Waals surface area (Å²) in [4.78, 5) is 58.8. The molecule has 1 unspecified atom stereocenters. The highest BCUT2D eigenvalue weighted by Crippen LogP contribution is 2.60. The van der Waals surface area contributed by atoms with Crippen LogP contribution < -0.4 is 5.32 Å². The van der Waals surface area contributed by atoms with Gasteiger partial charge >= 0.3 is 0 Å². The highest BCUT2D eigenvalue weighted by atomic mass is 79.9. The van der Waals surface area contributed by atoms with Crippen LogP contribution in [0.1, 0.15) is 72.9 Å². The third-order valence-electron chi connectivity index (χ3n) is 10.3. The number of aryl methyl sites for hydroxylation is 3. The number of nitrogens with one attached hydrogen (secondary N) is 1. The molecule has 4 aromatic rings. The van der Waals surface area contributed by atoms with Gasteiger partial charge in [0.2, 0.25) is 11.8 Å². The first-order valence-corrected chi connectivity index (χ1v) is 17.6. The Hall–Kier alpha value is -4.03. The van der Waals surface area contributed by atoms with Crippen LogP contribution in [0.2, 0.25) is 0 Å². The third kappa shape index (κ3) is 6.16. The molecule has 12 heteroatoms. The maximum Gasteiger partial charge on any atom is 0.248 e. The van der Waals surface area contributed by atoms with E-state index >= 15 is 0 Å². The Morgan fingerprint density at radius 2 is 1.81 bits per heavy atom. The number of likely N-dealkylation sites (tertiary alicyclic amines) is 1. The average molecular weight is 714 g/mol. The lowest BCUT2D eigenvalue weighted by Gasteiger charge is -2.27. The number of hydrogen-bond donors (Lipinski definition) is 1. The van der Waals surface area contributed by atoms with Crippen molar-refractivity contribution < 1.29 is 14.4 Å². The number of fused-ring (bicyclic) bond motifs is 3. The second-order valence-corrected chi connectivity index (χ2v) is 14.7. The zero-order valence-electron chi connectivity index (χ0n) is 27.9. The number of aromatic nitrogens is 5. The molecule has 1 spiro atoms. The summed E-state index contributed by atoms with van der Waals surface area (Å²) in [7, 11) is 2.15. The number of amides is 2. The normalized spacial score (nSPS) is 23.2. The van der Waals surface area contributed by atoms with E-state index in [0.29, 0.717) is 33.7 Å². The topological polar surface area (TPSA) is 126 Å². The van der Waals surface area contributed by atoms with Crippen molar-refractivity contribution in [2.24, 2.45) is 5.41 Å². The van der Waals surface area contributed by atoms with E-state index in [2.05, 4.69) is 53.2 Å². The maximum atomic E-state index is 14.4. The van der Waals surface area contributed by atoms with E-state index in [9.17, 15) is 14.4 Å². The Morgan fingerprint density at radius 1 is 1.04 bits per heavy atom. The lowest BCUT2D eigenvalue weighted by Crippen LogP contribution is -2.47. The molecule has 1 saturated heterocycles. The van der Waals surface area contributed by atoms with E-state index in [1.807, 2.05) is 38.1 Å². The van der Waals surface area contributed by atoms with Crippen LogP contribution in [-0.2, 0) is 22.6 Å². The van der Waals surface area contributed by atoms with Crippen molar-refractivity contribution in [2.45, 2.75) is 84.3 Å². The summed E-state index contributed by atoms with van der Waals surface area (Å²) >= 11 is 3.47. The Balaban J connectivity index is 1.22. The molecule has 2 amide bonds. The summed E-state index contributed by atoms with van der Waals surface area (Å²) in [6, 6.07) is 7.19. The summed E-state index contributed by atoms with van der Waals surface area (Å²) in [5.41, 5.74) is 4.49. The summed E-state index contributed by atoms with van der Waals surface area (Å²) in [5, 5.41) is 8.48. The van der Waals surface area contributed by atoms with Crippen molar-refractivity contribution in [1.29, 1.82) is 0 Å². The molecule has 3 atom stereocenters. The molecule has 2 fully saturated rings. The predicted molar refractivity (Wildman–Crippen MR) is 187 cm³/mol. The molecule has 1 saturated carbocycles. The van der Waals surface area contributed by atoms with Crippen molar-refractivity contribution >= 4 is 50.2 Å². The molecule has 1 N–H and O–H groups in total. The number of halogens is 1. The summed E-state index contributed by atoms with van der Waals surface area (Å²) < 4.78 is 2.29. The minimum Gasteiger partial charge on any atom is -0.325 e. The minimum atomic E-state index is -0.633. The molecule has 5 heterocycles. The molecule has 3 aliphatic rings. The first kappa shape index (κ1) is 32.5. The Kier molecular flexibility index (Phi) is 8.65. The van der Waals surface area contributed by atoms with Gasteiger partial charge in [-0.2, -0.15) is 5.10 Å². The standard InChI is InChI=1S/C36H41BrN8O3/c1-21-13-25(26-17-38-23(3)39-18-26)14-27-32(22(2)46)42-44(33(21)27)19-31(47)45-28-15-36(16-29(36)45)20-43(4)12-8-6-5-7-9-24-10-11-30(37)40-34(24)41-35(28)48/h10-11,13-14,17-18,28-29H,5-9,12,15-16,19-20H2,1-4H3,(H,40,41,48)/t28-,29?,36-/m0/s1. The Labute approximate surface area is 288 Å². The van der Waals surface area contributed by atoms with Crippen molar-refractivity contribution in [1.82, 2.24) is 34.5 Å². The second-order valence-electron chi connectivity index (χ2n) is 13.9. The molecule has 7 rings (SSSR count). The number of carbonyl (C=O) groups is 3. The molecule has 3 aromatic heterocycles. The van der Waals surface area contributed by atoms with Crippen molar-refractivity contribution in [2.75, 3.05) is 25.5 Å². The van der Waals surface area contributed by atoms with Crippen LogP contribution in [0.5, 0.6) is 0 Å². The number of ketones is 1. The number of benzene rings is 1. The molecule has 48 heavy (non-hydrogen) atoms. The van der Waals surface area contributed by atoms with E-state index in [1.54, 1.807) is 22.0 Å². The van der Waals surface area contributed by atoms with Gasteiger partial charge in [-0.1, -0.05) is 18.9 Å². The quantitative estimate of drug-likeness (QED) is 0.217. The van der Waals surface area contributed by atoms with E-state index < -0.39 is 6.04 Å². The first-order valence-electron chi connectivity index (χ1n) is 16.8. The van der Waals surface area contributed by atoms with Crippen molar-refractivity contribution in [3.8, 4) is 11.1 Å². The number of nitrogens with zero attached hydrogens (tertiary/aromatic N) is 7. The van der Waals surface area contributed by atoms with Gasteiger partial charge in [0.25, 0.3) is 0 Å². The number of carbonyl (C=O) groups excluding carboxylic acids is 3. The summed E-state index contributed by atoms with van der Waals surface area (Å²) in [6.07, 6.45) is 10.3. The second kappa shape index (κ2) is 12.8. The van der Waals surface area contributed by atoms with Crippen LogP contribution in [-0.4, -0.2) is 84.4 Å². The van der Waals surface area contributed by atoms with Crippen LogP contribution in [0.15, 0.2) is 41.3 Å². The monoisotopic (exact) mass is 712 g/mol. The summed E-state index contributed by atoms with van der Waals surface area (Å²) in [5.74, 6) is 0.653. The van der Waals surface area contributed by atoms with Gasteiger partial charge in [0.15, 0.2) is 5.78 Å². The number of pyridine rings is 1. The zero-order valence-corrected chi connectivity index (χ0v) is 29.5. The van der Waals surface area contributed by atoms with Crippen LogP contribution in [0.4, 0.5) is 5.82 Å². The van der Waals surface area contributed by atoms with Crippen molar-refractivity contribution in [3.63, 3.8) is 0 Å². The molecule has 2 aliphatic heterocycles. The minimum absolute atomic E-state index is 0.0330. The SMILES string of the molecule is CC(=O)c1nn(CC(=O)N2C3C[C@]34C[C@H]2C(=O)Nc2nc(Br)ccc2CCCCCCN(C)C4)c2c(C)cc(-c3cnc(C)nc3)cc12. The molecule has 0 radical (unpaired) electrons. The number of hydrogen-bond acceptors (Lipinski definition) is 8. The van der Waals surface area contributed by atoms with E-state index in [4.69, 9.17) is 0 Å². The molecular weight excluding hydrogens is 672 g/mol. The fraction of sp³-hybridized carbons (Fsp3) is 0.472. The van der Waals surface area contributed by atoms with Gasteiger partial charge in [-0.25, -0.2) is 15.0 Å². The molecule has 1 aliphatic carbocycles. The molecule has 2 bridgehead atoms. The zero-order chi connectivity index (χ0) is 33.7. The predicted octanol–water partition coefficient (Wildman–Crippen LogP) is 5.52. The summed E-state index contributed by atoms with van der Waals surface area (Å²) in [6.45, 7) is 7.04. The highest BCUT2D eigenvalue weighted by Gasteiger charge is 2.67. The van der Waals surface area contributed by atoms with Crippen LogP contribution >= 0.6 is 15.9 Å². The Morgan fingerprint density at radius 3 is 2.58 bits per heavy atom. The van der Waals surface area contributed by atoms with Gasteiger partial charge in [0.1, 0.15) is 34.5 Å². The molecule has 250 valence electrons. The fourth-order valence-electron chi connectivity index (χ4n) is 7.90. The van der Waals surface area contributed by atoms with Gasteiger partial charge in [0.05, 0.1) is 5.52 Å². The number of rotatable bonds is 4. The van der Waals surface area contributed by atoms with E-state index in [1.165, 1.54) is 6.92 Å². The molecular formula is C36H41BrN8O3. The van der Waals surface area contributed by atoms with Gasteiger partial charge in [-0.15, -0.1) is 0 Å². The largest absolute Gasteiger partial charge is 0.325 e. The van der Waals surface area contributed by atoms with E-state index in [-0.39, 0.29) is 35.6 Å². The maximum absolute atomic E-state index is 14.4. The van der Waals surface area contributed by atoms with Crippen molar-refractivity contribution in [3.05, 3.63) is 63.9 Å². The van der Waals surface area contributed by atoms with Gasteiger partial charge in [-0.3, -0.25) is 19.1 Å². The molecule has 1 aromatic carbocycles. The van der Waals surface area contributed by atoms with Crippen LogP contribution in [0, 0.1) is 19.3 Å².